The zero-order chi connectivity index (χ0) is 20.7. The molecule has 0 aliphatic carbocycles. The number of rotatable bonds is 7. The lowest BCUT2D eigenvalue weighted by molar-refractivity contribution is -0.160. The van der Waals surface area contributed by atoms with Crippen LogP contribution in [-0.2, 0) is 16.0 Å². The molecule has 1 fully saturated rings. The number of hydrogen-bond acceptors (Lipinski definition) is 5. The highest BCUT2D eigenvalue weighted by Crippen LogP contribution is 2.46. The average Bonchev–Trinajstić information content (AvgIpc) is 2.94. The summed E-state index contributed by atoms with van der Waals surface area (Å²) in [4.78, 5) is 25.7. The predicted molar refractivity (Wildman–Crippen MR) is 110 cm³/mol. The van der Waals surface area contributed by atoms with Crippen LogP contribution in [0.3, 0.4) is 0 Å². The number of nitrogens with two attached hydrogens (primary N) is 1. The van der Waals surface area contributed by atoms with Crippen LogP contribution in [0.1, 0.15) is 19.4 Å². The van der Waals surface area contributed by atoms with E-state index in [2.05, 4.69) is 12.1 Å². The molecule has 6 heteroatoms. The zero-order valence-corrected chi connectivity index (χ0v) is 16.7. The summed E-state index contributed by atoms with van der Waals surface area (Å²) < 4.78 is 6.15. The Labute approximate surface area is 169 Å². The lowest BCUT2D eigenvalue weighted by Gasteiger charge is -2.46. The van der Waals surface area contributed by atoms with Gasteiger partial charge in [-0.15, -0.1) is 0 Å². The number of aliphatic hydroxyl groups is 1. The zero-order valence-electron chi connectivity index (χ0n) is 16.7. The molecule has 0 radical (unpaired) electrons. The average molecular weight is 394 g/mol. The maximum atomic E-state index is 12.4. The van der Waals surface area contributed by atoms with Gasteiger partial charge >= 0.3 is 0 Å². The first kappa shape index (κ1) is 19.6. The van der Waals surface area contributed by atoms with Crippen molar-refractivity contribution >= 4 is 23.0 Å². The van der Waals surface area contributed by atoms with Crippen molar-refractivity contribution in [2.24, 2.45) is 17.6 Å². The molecule has 4 atom stereocenters. The van der Waals surface area contributed by atoms with E-state index in [9.17, 15) is 14.7 Å². The number of carbonyl (C=O) groups excluding carboxylic acids is 2. The molecule has 3 N–H and O–H groups in total. The molecule has 0 unspecified atom stereocenters. The van der Waals surface area contributed by atoms with Gasteiger partial charge in [-0.05, 0) is 42.5 Å². The third-order valence-corrected chi connectivity index (χ3v) is 6.24. The van der Waals surface area contributed by atoms with E-state index in [1.165, 1.54) is 10.5 Å². The number of amides is 1. The molecule has 0 bridgehead atoms. The molecule has 2 aromatic rings. The topological polar surface area (TPSA) is 92.9 Å². The molecule has 0 saturated carbocycles. The molecule has 29 heavy (non-hydrogen) atoms. The van der Waals surface area contributed by atoms with Gasteiger partial charge in [0, 0.05) is 11.3 Å². The van der Waals surface area contributed by atoms with E-state index >= 15 is 0 Å². The molecule has 4 rings (SSSR count). The molecule has 2 aliphatic rings. The van der Waals surface area contributed by atoms with Crippen molar-refractivity contribution in [1.29, 1.82) is 0 Å². The molecule has 0 spiro atoms. The van der Waals surface area contributed by atoms with Gasteiger partial charge in [-0.25, -0.2) is 0 Å². The van der Waals surface area contributed by atoms with Crippen molar-refractivity contribution in [3.63, 3.8) is 0 Å². The van der Waals surface area contributed by atoms with Gasteiger partial charge in [0.15, 0.2) is 6.29 Å². The SMILES string of the molecule is C[C@@H](O)[C@H]1C(=O)N2C(C=O)=C(COc3cccc4c(CCN)cccc34)[C@H](C)[C@H]12. The fraction of sp³-hybridized carbons (Fsp3) is 0.391. The quantitative estimate of drug-likeness (QED) is 0.554. The molecule has 2 aliphatic heterocycles. The van der Waals surface area contributed by atoms with Gasteiger partial charge in [0.05, 0.1) is 23.8 Å². The van der Waals surface area contributed by atoms with E-state index in [1.54, 1.807) is 6.92 Å². The van der Waals surface area contributed by atoms with Crippen molar-refractivity contribution in [2.75, 3.05) is 13.2 Å². The van der Waals surface area contributed by atoms with E-state index < -0.39 is 12.0 Å². The molecular weight excluding hydrogens is 368 g/mol. The van der Waals surface area contributed by atoms with Crippen molar-refractivity contribution in [2.45, 2.75) is 32.4 Å². The fourth-order valence-electron chi connectivity index (χ4n) is 4.77. The standard InChI is InChI=1S/C23H26N2O4/c1-13-18(19(11-26)25-22(13)21(14(2)27)23(25)28)12-29-20-8-4-6-16-15(9-10-24)5-3-7-17(16)20/h3-8,11,13-14,21-22,27H,9-10,12,24H2,1-2H3/t13-,14+,21+,22+/m0/s1. The Balaban J connectivity index is 1.61. The van der Waals surface area contributed by atoms with Crippen LogP contribution in [0.5, 0.6) is 5.75 Å². The van der Waals surface area contributed by atoms with Gasteiger partial charge in [-0.2, -0.15) is 0 Å². The first-order chi connectivity index (χ1) is 14.0. The van der Waals surface area contributed by atoms with E-state index in [0.717, 1.165) is 34.8 Å². The van der Waals surface area contributed by atoms with Crippen molar-refractivity contribution in [3.8, 4) is 5.75 Å². The number of aliphatic hydroxyl groups excluding tert-OH is 1. The van der Waals surface area contributed by atoms with E-state index in [-0.39, 0.29) is 24.5 Å². The molecular formula is C23H26N2O4. The van der Waals surface area contributed by atoms with Gasteiger partial charge in [0.25, 0.3) is 0 Å². The molecule has 6 nitrogen and oxygen atoms in total. The fourth-order valence-corrected chi connectivity index (χ4v) is 4.77. The number of β-lactam (4-membered cyclic amide) rings is 1. The Bertz CT molecular complexity index is 998. The van der Waals surface area contributed by atoms with Crippen LogP contribution in [0.15, 0.2) is 47.7 Å². The highest BCUT2D eigenvalue weighted by molar-refractivity contribution is 5.96. The van der Waals surface area contributed by atoms with Crippen molar-refractivity contribution in [3.05, 3.63) is 53.2 Å². The monoisotopic (exact) mass is 394 g/mol. The summed E-state index contributed by atoms with van der Waals surface area (Å²) in [6.45, 7) is 4.41. The van der Waals surface area contributed by atoms with Gasteiger partial charge < -0.3 is 20.5 Å². The minimum atomic E-state index is -0.738. The summed E-state index contributed by atoms with van der Waals surface area (Å²) in [7, 11) is 0. The van der Waals surface area contributed by atoms with Gasteiger partial charge in [-0.1, -0.05) is 37.3 Å². The Hall–Kier alpha value is -2.70. The Morgan fingerprint density at radius 1 is 1.24 bits per heavy atom. The number of nitrogens with zero attached hydrogens (tertiary/aromatic N) is 1. The molecule has 1 amide bonds. The van der Waals surface area contributed by atoms with E-state index in [0.29, 0.717) is 12.2 Å². The van der Waals surface area contributed by atoms with Crippen LogP contribution in [0, 0.1) is 11.8 Å². The van der Waals surface area contributed by atoms with Crippen LogP contribution < -0.4 is 10.5 Å². The number of aldehydes is 1. The Morgan fingerprint density at radius 3 is 2.66 bits per heavy atom. The number of fused-ring (bicyclic) bond motifs is 2. The van der Waals surface area contributed by atoms with Crippen LogP contribution in [0.4, 0.5) is 0 Å². The summed E-state index contributed by atoms with van der Waals surface area (Å²) in [5.74, 6) is 0.0358. The lowest BCUT2D eigenvalue weighted by atomic mass is 9.78. The van der Waals surface area contributed by atoms with Gasteiger partial charge in [0.1, 0.15) is 12.4 Å². The largest absolute Gasteiger partial charge is 0.489 e. The molecule has 2 aromatic carbocycles. The van der Waals surface area contributed by atoms with Crippen LogP contribution >= 0.6 is 0 Å². The normalized spacial score (nSPS) is 24.5. The van der Waals surface area contributed by atoms with Crippen LogP contribution in [-0.4, -0.2) is 47.5 Å². The minimum Gasteiger partial charge on any atom is -0.489 e. The van der Waals surface area contributed by atoms with E-state index in [1.807, 2.05) is 31.2 Å². The number of benzene rings is 2. The summed E-state index contributed by atoms with van der Waals surface area (Å²) in [5.41, 5.74) is 8.09. The predicted octanol–water partition coefficient (Wildman–Crippen LogP) is 2.03. The second-order valence-electron chi connectivity index (χ2n) is 7.88. The highest BCUT2D eigenvalue weighted by Gasteiger charge is 2.58. The molecule has 152 valence electrons. The number of ether oxygens (including phenoxy) is 1. The smallest absolute Gasteiger partial charge is 0.235 e. The second kappa shape index (κ2) is 7.61. The highest BCUT2D eigenvalue weighted by atomic mass is 16.5. The summed E-state index contributed by atoms with van der Waals surface area (Å²) in [6, 6.07) is 11.8. The minimum absolute atomic E-state index is 0.0460. The summed E-state index contributed by atoms with van der Waals surface area (Å²) in [5, 5.41) is 12.1. The molecule has 1 saturated heterocycles. The third kappa shape index (κ3) is 3.03. The number of hydrogen-bond donors (Lipinski definition) is 2. The number of allylic oxidation sites excluding steroid dienone is 1. The summed E-state index contributed by atoms with van der Waals surface area (Å²) >= 11 is 0. The van der Waals surface area contributed by atoms with Crippen molar-refractivity contribution < 1.29 is 19.4 Å². The molecule has 0 aromatic heterocycles. The number of carbonyl (C=O) groups is 2. The molecule has 2 heterocycles. The van der Waals surface area contributed by atoms with Crippen LogP contribution in [0.25, 0.3) is 10.8 Å². The van der Waals surface area contributed by atoms with Gasteiger partial charge in [0.2, 0.25) is 5.91 Å². The van der Waals surface area contributed by atoms with Gasteiger partial charge in [-0.3, -0.25) is 9.59 Å². The third-order valence-electron chi connectivity index (χ3n) is 6.24. The first-order valence-corrected chi connectivity index (χ1v) is 10.0. The van der Waals surface area contributed by atoms with Crippen LogP contribution in [0.2, 0.25) is 0 Å². The summed E-state index contributed by atoms with van der Waals surface area (Å²) in [6.07, 6.45) is 0.782. The van der Waals surface area contributed by atoms with E-state index in [4.69, 9.17) is 10.5 Å². The van der Waals surface area contributed by atoms with Crippen molar-refractivity contribution in [1.82, 2.24) is 4.90 Å². The second-order valence-corrected chi connectivity index (χ2v) is 7.88. The first-order valence-electron chi connectivity index (χ1n) is 10.0. The Kier molecular flexibility index (Phi) is 5.15. The maximum absolute atomic E-state index is 12.4. The maximum Gasteiger partial charge on any atom is 0.235 e. The Morgan fingerprint density at radius 2 is 1.97 bits per heavy atom. The lowest BCUT2D eigenvalue weighted by Crippen LogP contribution is -2.63.